The van der Waals surface area contributed by atoms with Gasteiger partial charge in [-0.1, -0.05) is 25.1 Å². The molecule has 0 saturated heterocycles. The first-order chi connectivity index (χ1) is 8.72. The average Bonchev–Trinajstić information content (AvgIpc) is 2.82. The standard InChI is InChI=1S/C15H18BrNS/c1-3-9-17-10-12-7-8-14(18-12)13-6-4-5-11(2)15(13)16/h4-8,17H,3,9-10H2,1-2H3. The second-order valence-corrected chi connectivity index (χ2v) is 6.34. The Kier molecular flexibility index (Phi) is 4.98. The summed E-state index contributed by atoms with van der Waals surface area (Å²) < 4.78 is 1.21. The van der Waals surface area contributed by atoms with Crippen LogP contribution in [0.3, 0.4) is 0 Å². The van der Waals surface area contributed by atoms with Gasteiger partial charge in [0.1, 0.15) is 0 Å². The Morgan fingerprint density at radius 1 is 1.22 bits per heavy atom. The maximum absolute atomic E-state index is 3.68. The second kappa shape index (κ2) is 6.50. The molecule has 18 heavy (non-hydrogen) atoms. The van der Waals surface area contributed by atoms with Crippen molar-refractivity contribution in [2.75, 3.05) is 6.54 Å². The van der Waals surface area contributed by atoms with Gasteiger partial charge in [0, 0.05) is 26.3 Å². The van der Waals surface area contributed by atoms with Gasteiger partial charge in [-0.25, -0.2) is 0 Å². The first kappa shape index (κ1) is 13.8. The molecule has 0 unspecified atom stereocenters. The Morgan fingerprint density at radius 3 is 2.83 bits per heavy atom. The molecule has 0 aliphatic heterocycles. The van der Waals surface area contributed by atoms with Gasteiger partial charge in [0.25, 0.3) is 0 Å². The van der Waals surface area contributed by atoms with Gasteiger partial charge in [-0.15, -0.1) is 11.3 Å². The van der Waals surface area contributed by atoms with E-state index in [-0.39, 0.29) is 0 Å². The third-order valence-electron chi connectivity index (χ3n) is 2.84. The van der Waals surface area contributed by atoms with E-state index in [1.54, 1.807) is 0 Å². The Labute approximate surface area is 121 Å². The molecule has 0 aliphatic carbocycles. The Morgan fingerprint density at radius 2 is 2.06 bits per heavy atom. The van der Waals surface area contributed by atoms with Crippen molar-refractivity contribution in [3.8, 4) is 10.4 Å². The van der Waals surface area contributed by atoms with Crippen molar-refractivity contribution in [1.29, 1.82) is 0 Å². The van der Waals surface area contributed by atoms with Crippen LogP contribution in [-0.4, -0.2) is 6.54 Å². The molecular formula is C15H18BrNS. The second-order valence-electron chi connectivity index (χ2n) is 4.38. The van der Waals surface area contributed by atoms with Crippen LogP contribution in [0.4, 0.5) is 0 Å². The van der Waals surface area contributed by atoms with Gasteiger partial charge in [-0.3, -0.25) is 0 Å². The maximum Gasteiger partial charge on any atom is 0.0357 e. The van der Waals surface area contributed by atoms with Crippen molar-refractivity contribution in [2.45, 2.75) is 26.8 Å². The summed E-state index contributed by atoms with van der Waals surface area (Å²) in [4.78, 5) is 2.73. The molecule has 0 radical (unpaired) electrons. The molecular weight excluding hydrogens is 306 g/mol. The number of hydrogen-bond donors (Lipinski definition) is 1. The smallest absolute Gasteiger partial charge is 0.0357 e. The quantitative estimate of drug-likeness (QED) is 0.764. The minimum atomic E-state index is 0.974. The molecule has 2 rings (SSSR count). The van der Waals surface area contributed by atoms with Crippen LogP contribution in [0.1, 0.15) is 23.8 Å². The van der Waals surface area contributed by atoms with Crippen molar-refractivity contribution in [2.24, 2.45) is 0 Å². The molecule has 96 valence electrons. The number of hydrogen-bond acceptors (Lipinski definition) is 2. The molecule has 0 spiro atoms. The highest BCUT2D eigenvalue weighted by Crippen LogP contribution is 2.35. The van der Waals surface area contributed by atoms with E-state index in [9.17, 15) is 0 Å². The van der Waals surface area contributed by atoms with Gasteiger partial charge in [0.15, 0.2) is 0 Å². The third-order valence-corrected chi connectivity index (χ3v) is 5.02. The normalized spacial score (nSPS) is 10.8. The molecule has 1 N–H and O–H groups in total. The molecule has 0 aliphatic rings. The van der Waals surface area contributed by atoms with E-state index in [2.05, 4.69) is 65.4 Å². The van der Waals surface area contributed by atoms with Crippen molar-refractivity contribution in [1.82, 2.24) is 5.32 Å². The Hall–Kier alpha value is -0.640. The fourth-order valence-corrected chi connectivity index (χ4v) is 3.46. The highest BCUT2D eigenvalue weighted by Gasteiger charge is 2.07. The molecule has 0 amide bonds. The highest BCUT2D eigenvalue weighted by molar-refractivity contribution is 9.10. The van der Waals surface area contributed by atoms with Crippen molar-refractivity contribution in [3.63, 3.8) is 0 Å². The number of rotatable bonds is 5. The zero-order chi connectivity index (χ0) is 13.0. The molecule has 0 saturated carbocycles. The van der Waals surface area contributed by atoms with Crippen LogP contribution < -0.4 is 5.32 Å². The Bertz CT molecular complexity index is 519. The van der Waals surface area contributed by atoms with E-state index in [4.69, 9.17) is 0 Å². The lowest BCUT2D eigenvalue weighted by Crippen LogP contribution is -2.12. The molecule has 3 heteroatoms. The topological polar surface area (TPSA) is 12.0 Å². The summed E-state index contributed by atoms with van der Waals surface area (Å²) in [6, 6.07) is 10.9. The van der Waals surface area contributed by atoms with Crippen molar-refractivity contribution in [3.05, 3.63) is 45.2 Å². The van der Waals surface area contributed by atoms with E-state index in [1.165, 1.54) is 31.8 Å². The fourth-order valence-electron chi connectivity index (χ4n) is 1.84. The lowest BCUT2D eigenvalue weighted by Gasteiger charge is -2.04. The number of benzene rings is 1. The minimum absolute atomic E-state index is 0.974. The molecule has 1 aromatic carbocycles. The molecule has 0 fully saturated rings. The average molecular weight is 324 g/mol. The van der Waals surface area contributed by atoms with Crippen LogP contribution in [0, 0.1) is 6.92 Å². The lowest BCUT2D eigenvalue weighted by atomic mass is 10.1. The van der Waals surface area contributed by atoms with Gasteiger partial charge in [0.05, 0.1) is 0 Å². The summed E-state index contributed by atoms with van der Waals surface area (Å²) in [7, 11) is 0. The van der Waals surface area contributed by atoms with Crippen LogP contribution in [0.2, 0.25) is 0 Å². The van der Waals surface area contributed by atoms with Gasteiger partial charge in [0.2, 0.25) is 0 Å². The van der Waals surface area contributed by atoms with Crippen LogP contribution in [0.15, 0.2) is 34.8 Å². The molecule has 0 bridgehead atoms. The summed E-state index contributed by atoms with van der Waals surface area (Å²) in [5.41, 5.74) is 2.58. The van der Waals surface area contributed by atoms with Crippen LogP contribution in [0.25, 0.3) is 10.4 Å². The van der Waals surface area contributed by atoms with E-state index >= 15 is 0 Å². The van der Waals surface area contributed by atoms with E-state index in [0.717, 1.165) is 13.1 Å². The van der Waals surface area contributed by atoms with E-state index < -0.39 is 0 Å². The van der Waals surface area contributed by atoms with Crippen molar-refractivity contribution < 1.29 is 0 Å². The highest BCUT2D eigenvalue weighted by atomic mass is 79.9. The predicted octanol–water partition coefficient (Wildman–Crippen LogP) is 4.99. The first-order valence-corrected chi connectivity index (χ1v) is 7.88. The first-order valence-electron chi connectivity index (χ1n) is 6.27. The summed E-state index contributed by atoms with van der Waals surface area (Å²) in [5.74, 6) is 0. The fraction of sp³-hybridized carbons (Fsp3) is 0.333. The maximum atomic E-state index is 3.68. The Balaban J connectivity index is 2.16. The number of aryl methyl sites for hydroxylation is 1. The van der Waals surface area contributed by atoms with Gasteiger partial charge in [-0.2, -0.15) is 0 Å². The summed E-state index contributed by atoms with van der Waals surface area (Å²) in [6.07, 6.45) is 1.18. The lowest BCUT2D eigenvalue weighted by molar-refractivity contribution is 0.681. The summed E-state index contributed by atoms with van der Waals surface area (Å²) in [5, 5.41) is 3.44. The van der Waals surface area contributed by atoms with Gasteiger partial charge in [-0.05, 0) is 53.5 Å². The van der Waals surface area contributed by atoms with Crippen LogP contribution >= 0.6 is 27.3 Å². The van der Waals surface area contributed by atoms with Crippen molar-refractivity contribution >= 4 is 27.3 Å². The zero-order valence-corrected chi connectivity index (χ0v) is 13.2. The zero-order valence-electron chi connectivity index (χ0n) is 10.8. The molecule has 1 nitrogen and oxygen atoms in total. The number of halogens is 1. The summed E-state index contributed by atoms with van der Waals surface area (Å²) in [6.45, 7) is 6.38. The number of nitrogens with one attached hydrogen (secondary N) is 1. The molecule has 2 aromatic rings. The number of thiophene rings is 1. The van der Waals surface area contributed by atoms with Crippen LogP contribution in [0.5, 0.6) is 0 Å². The van der Waals surface area contributed by atoms with Gasteiger partial charge >= 0.3 is 0 Å². The third kappa shape index (κ3) is 3.22. The molecule has 1 heterocycles. The molecule has 1 aromatic heterocycles. The van der Waals surface area contributed by atoms with E-state index in [1.807, 2.05) is 11.3 Å². The minimum Gasteiger partial charge on any atom is -0.312 e. The predicted molar refractivity (Wildman–Crippen MR) is 84.2 cm³/mol. The monoisotopic (exact) mass is 323 g/mol. The SMILES string of the molecule is CCCNCc1ccc(-c2cccc(C)c2Br)s1. The largest absolute Gasteiger partial charge is 0.312 e. The van der Waals surface area contributed by atoms with Crippen LogP contribution in [-0.2, 0) is 6.54 Å². The summed E-state index contributed by atoms with van der Waals surface area (Å²) >= 11 is 5.55. The molecule has 0 atom stereocenters. The van der Waals surface area contributed by atoms with Gasteiger partial charge < -0.3 is 5.32 Å². The van der Waals surface area contributed by atoms with E-state index in [0.29, 0.717) is 0 Å².